The van der Waals surface area contributed by atoms with Gasteiger partial charge >= 0.3 is 0 Å². The van der Waals surface area contributed by atoms with Gasteiger partial charge < -0.3 is 14.4 Å². The molecule has 0 saturated carbocycles. The van der Waals surface area contributed by atoms with Crippen molar-refractivity contribution in [3.8, 4) is 11.5 Å². The third-order valence-electron chi connectivity index (χ3n) is 5.16. The number of rotatable bonds is 8. The maximum atomic E-state index is 13.5. The van der Waals surface area contributed by atoms with Crippen LogP contribution in [0.2, 0.25) is 5.02 Å². The van der Waals surface area contributed by atoms with E-state index in [4.69, 9.17) is 21.1 Å². The molecule has 4 nitrogen and oxygen atoms in total. The highest BCUT2D eigenvalue weighted by molar-refractivity contribution is 6.32. The Labute approximate surface area is 170 Å². The fourth-order valence-corrected chi connectivity index (χ4v) is 3.90. The lowest BCUT2D eigenvalue weighted by Crippen LogP contribution is -2.34. The van der Waals surface area contributed by atoms with Crippen molar-refractivity contribution in [2.24, 2.45) is 4.99 Å². The average molecular weight is 405 g/mol. The lowest BCUT2D eigenvalue weighted by Gasteiger charge is -2.32. The van der Waals surface area contributed by atoms with Gasteiger partial charge in [-0.25, -0.2) is 4.39 Å². The van der Waals surface area contributed by atoms with E-state index in [1.54, 1.807) is 19.2 Å². The first-order valence-corrected chi connectivity index (χ1v) is 9.88. The van der Waals surface area contributed by atoms with Crippen molar-refractivity contribution in [1.29, 1.82) is 0 Å². The number of ether oxygens (including phenoxy) is 2. The molecule has 150 valence electrons. The Hall–Kier alpha value is -2.11. The molecule has 0 spiro atoms. The largest absolute Gasteiger partial charge is 0.497 e. The van der Waals surface area contributed by atoms with Crippen LogP contribution in [0.1, 0.15) is 29.9 Å². The van der Waals surface area contributed by atoms with E-state index in [1.165, 1.54) is 12.1 Å². The molecule has 1 saturated heterocycles. The monoisotopic (exact) mass is 404 g/mol. The first-order chi connectivity index (χ1) is 13.6. The molecular weight excluding hydrogens is 379 g/mol. The van der Waals surface area contributed by atoms with Gasteiger partial charge in [0.1, 0.15) is 23.9 Å². The van der Waals surface area contributed by atoms with E-state index in [9.17, 15) is 4.39 Å². The van der Waals surface area contributed by atoms with Crippen molar-refractivity contribution in [3.63, 3.8) is 0 Å². The summed E-state index contributed by atoms with van der Waals surface area (Å²) in [5.74, 6) is 1.45. The van der Waals surface area contributed by atoms with Gasteiger partial charge in [-0.2, -0.15) is 0 Å². The summed E-state index contributed by atoms with van der Waals surface area (Å²) in [4.78, 5) is 6.35. The summed E-state index contributed by atoms with van der Waals surface area (Å²) < 4.78 is 24.9. The molecule has 0 bridgehead atoms. The predicted molar refractivity (Wildman–Crippen MR) is 112 cm³/mol. The number of nitrogens with zero attached hydrogens (tertiary/aromatic N) is 2. The molecular formula is C22H26ClFN2O2. The van der Waals surface area contributed by atoms with Gasteiger partial charge in [-0.15, -0.1) is 0 Å². The second-order valence-electron chi connectivity index (χ2n) is 7.01. The first kappa shape index (κ1) is 20.6. The summed E-state index contributed by atoms with van der Waals surface area (Å²) in [6, 6.07) is 10.2. The van der Waals surface area contributed by atoms with E-state index in [0.29, 0.717) is 16.7 Å². The van der Waals surface area contributed by atoms with Crippen LogP contribution in [0, 0.1) is 5.82 Å². The van der Waals surface area contributed by atoms with Crippen molar-refractivity contribution >= 4 is 18.3 Å². The van der Waals surface area contributed by atoms with Crippen molar-refractivity contribution in [2.75, 3.05) is 33.3 Å². The number of hydrogen-bond donors (Lipinski definition) is 0. The van der Waals surface area contributed by atoms with Crippen LogP contribution in [0.4, 0.5) is 4.39 Å². The van der Waals surface area contributed by atoms with E-state index >= 15 is 0 Å². The summed E-state index contributed by atoms with van der Waals surface area (Å²) in [6.07, 6.45) is 2.02. The minimum Gasteiger partial charge on any atom is -0.497 e. The quantitative estimate of drug-likeness (QED) is 0.584. The van der Waals surface area contributed by atoms with Crippen LogP contribution < -0.4 is 9.47 Å². The van der Waals surface area contributed by atoms with Crippen molar-refractivity contribution in [2.45, 2.75) is 25.4 Å². The Morgan fingerprint density at radius 1 is 1.25 bits per heavy atom. The zero-order valence-corrected chi connectivity index (χ0v) is 16.9. The number of methoxy groups -OCH3 is 1. The highest BCUT2D eigenvalue weighted by atomic mass is 35.5. The van der Waals surface area contributed by atoms with Crippen LogP contribution in [0.3, 0.4) is 0 Å². The molecule has 28 heavy (non-hydrogen) atoms. The second-order valence-corrected chi connectivity index (χ2v) is 7.42. The molecule has 1 aliphatic heterocycles. The van der Waals surface area contributed by atoms with Gasteiger partial charge in [0.25, 0.3) is 0 Å². The van der Waals surface area contributed by atoms with Gasteiger partial charge in [0.2, 0.25) is 0 Å². The molecule has 0 radical (unpaired) electrons. The maximum absolute atomic E-state index is 13.5. The normalized spacial score (nSPS) is 15.4. The van der Waals surface area contributed by atoms with Crippen LogP contribution in [0.15, 0.2) is 41.4 Å². The van der Waals surface area contributed by atoms with Gasteiger partial charge in [0.15, 0.2) is 0 Å². The van der Waals surface area contributed by atoms with Gasteiger partial charge in [-0.1, -0.05) is 23.7 Å². The number of halogens is 2. The zero-order valence-electron chi connectivity index (χ0n) is 16.2. The minimum atomic E-state index is -0.275. The van der Waals surface area contributed by atoms with Crippen LogP contribution in [0.25, 0.3) is 0 Å². The van der Waals surface area contributed by atoms with E-state index < -0.39 is 0 Å². The molecule has 6 heteroatoms. The fraction of sp³-hybridized carbons (Fsp3) is 0.409. The molecule has 0 N–H and O–H groups in total. The highest BCUT2D eigenvalue weighted by Gasteiger charge is 2.25. The third kappa shape index (κ3) is 5.24. The molecule has 0 aliphatic carbocycles. The van der Waals surface area contributed by atoms with Crippen molar-refractivity contribution in [1.82, 2.24) is 4.90 Å². The standard InChI is InChI=1S/C22H26ClFN2O2/c1-25-8-11-26-9-6-17(7-10-26)20-13-19(27-2)14-21(23)22(20)28-15-16-4-3-5-18(24)12-16/h3-5,12-14,17H,1,6-11,15H2,2H3. The number of benzene rings is 2. The summed E-state index contributed by atoms with van der Waals surface area (Å²) in [5.41, 5.74) is 1.83. The Kier molecular flexibility index (Phi) is 7.29. The molecule has 0 atom stereocenters. The molecule has 2 aromatic rings. The Balaban J connectivity index is 1.77. The average Bonchev–Trinajstić information content (AvgIpc) is 2.71. The number of likely N-dealkylation sites (tertiary alicyclic amines) is 1. The van der Waals surface area contributed by atoms with E-state index in [0.717, 1.165) is 55.9 Å². The van der Waals surface area contributed by atoms with Crippen molar-refractivity contribution in [3.05, 3.63) is 58.4 Å². The Bertz CT molecular complexity index is 807. The third-order valence-corrected chi connectivity index (χ3v) is 5.44. The fourth-order valence-electron chi connectivity index (χ4n) is 3.62. The van der Waals surface area contributed by atoms with Crippen LogP contribution in [0.5, 0.6) is 11.5 Å². The molecule has 1 aliphatic rings. The van der Waals surface area contributed by atoms with E-state index in [-0.39, 0.29) is 12.4 Å². The van der Waals surface area contributed by atoms with Gasteiger partial charge in [0.05, 0.1) is 18.7 Å². The summed E-state index contributed by atoms with van der Waals surface area (Å²) in [7, 11) is 1.63. The number of aliphatic imine (C=N–C) groups is 1. The zero-order chi connectivity index (χ0) is 19.9. The van der Waals surface area contributed by atoms with Crippen LogP contribution >= 0.6 is 11.6 Å². The molecule has 2 aromatic carbocycles. The first-order valence-electron chi connectivity index (χ1n) is 9.50. The van der Waals surface area contributed by atoms with Gasteiger partial charge in [-0.05, 0) is 62.3 Å². The van der Waals surface area contributed by atoms with Crippen LogP contribution in [-0.2, 0) is 6.61 Å². The van der Waals surface area contributed by atoms with E-state index in [2.05, 4.69) is 16.6 Å². The molecule has 0 unspecified atom stereocenters. The summed E-state index contributed by atoms with van der Waals surface area (Å²) in [5, 5.41) is 0.518. The lowest BCUT2D eigenvalue weighted by molar-refractivity contribution is 0.214. The highest BCUT2D eigenvalue weighted by Crippen LogP contribution is 2.41. The molecule has 1 fully saturated rings. The maximum Gasteiger partial charge on any atom is 0.142 e. The second kappa shape index (κ2) is 9.89. The van der Waals surface area contributed by atoms with E-state index in [1.807, 2.05) is 12.1 Å². The number of piperidine rings is 1. The Morgan fingerprint density at radius 2 is 2.04 bits per heavy atom. The molecule has 0 amide bonds. The SMILES string of the molecule is C=NCCN1CCC(c2cc(OC)cc(Cl)c2OCc2cccc(F)c2)CC1. The number of hydrogen-bond acceptors (Lipinski definition) is 4. The smallest absolute Gasteiger partial charge is 0.142 e. The van der Waals surface area contributed by atoms with Crippen molar-refractivity contribution < 1.29 is 13.9 Å². The Morgan fingerprint density at radius 3 is 2.71 bits per heavy atom. The topological polar surface area (TPSA) is 34.1 Å². The van der Waals surface area contributed by atoms with Gasteiger partial charge in [0, 0.05) is 18.2 Å². The lowest BCUT2D eigenvalue weighted by atomic mass is 9.88. The molecule has 1 heterocycles. The predicted octanol–water partition coefficient (Wildman–Crippen LogP) is 4.95. The summed E-state index contributed by atoms with van der Waals surface area (Å²) >= 11 is 6.52. The minimum absolute atomic E-state index is 0.265. The molecule has 3 rings (SSSR count). The van der Waals surface area contributed by atoms with Gasteiger partial charge in [-0.3, -0.25) is 4.99 Å². The van der Waals surface area contributed by atoms with Crippen LogP contribution in [-0.4, -0.2) is 44.9 Å². The summed E-state index contributed by atoms with van der Waals surface area (Å²) in [6.45, 7) is 7.52. The molecule has 0 aromatic heterocycles.